The predicted octanol–water partition coefficient (Wildman–Crippen LogP) is 0.0446. The van der Waals surface area contributed by atoms with Gasteiger partial charge in [-0.2, -0.15) is 0 Å². The van der Waals surface area contributed by atoms with Crippen molar-refractivity contribution in [2.45, 2.75) is 46.2 Å². The van der Waals surface area contributed by atoms with Crippen LogP contribution in [0, 0.1) is 6.92 Å². The summed E-state index contributed by atoms with van der Waals surface area (Å²) in [4.78, 5) is 40.8. The summed E-state index contributed by atoms with van der Waals surface area (Å²) in [6, 6.07) is -0.553. The molecule has 4 N–H and O–H groups in total. The van der Waals surface area contributed by atoms with Crippen molar-refractivity contribution in [2.24, 2.45) is 0 Å². The van der Waals surface area contributed by atoms with Crippen LogP contribution in [0.1, 0.15) is 38.2 Å². The molecule has 0 fully saturated rings. The van der Waals surface area contributed by atoms with E-state index < -0.39 is 6.04 Å². The molecule has 0 spiro atoms. The molecule has 136 valence electrons. The van der Waals surface area contributed by atoms with Gasteiger partial charge in [-0.1, -0.05) is 13.3 Å². The molecule has 1 unspecified atom stereocenters. The van der Waals surface area contributed by atoms with Crippen LogP contribution in [0.4, 0.5) is 0 Å². The normalized spacial score (nSPS) is 11.0. The van der Waals surface area contributed by atoms with E-state index in [0.717, 1.165) is 17.9 Å². The fourth-order valence-electron chi connectivity index (χ4n) is 2.16. The van der Waals surface area contributed by atoms with E-state index >= 15 is 0 Å². The van der Waals surface area contributed by atoms with Gasteiger partial charge in [0, 0.05) is 13.5 Å². The minimum absolute atomic E-state index is 0.127. The molecule has 0 saturated carbocycles. The first-order valence-corrected chi connectivity index (χ1v) is 7.64. The summed E-state index contributed by atoms with van der Waals surface area (Å²) in [6.45, 7) is 5.36. The third kappa shape index (κ3) is 8.28. The lowest BCUT2D eigenvalue weighted by Gasteiger charge is -2.26. The smallest absolute Gasteiger partial charge is 0.290 e. The van der Waals surface area contributed by atoms with Crippen molar-refractivity contribution >= 4 is 18.3 Å². The van der Waals surface area contributed by atoms with Crippen molar-refractivity contribution in [2.75, 3.05) is 13.2 Å². The minimum Gasteiger partial charge on any atom is -0.483 e. The summed E-state index contributed by atoms with van der Waals surface area (Å²) < 4.78 is 0. The molecule has 0 saturated heterocycles. The number of carbonyl (C=O) groups excluding carboxylic acids is 2. The Bertz CT molecular complexity index is 518. The number of hydrogen-bond donors (Lipinski definition) is 4. The van der Waals surface area contributed by atoms with Crippen molar-refractivity contribution in [1.29, 1.82) is 0 Å². The van der Waals surface area contributed by atoms with Crippen LogP contribution in [0.2, 0.25) is 0 Å². The lowest BCUT2D eigenvalue weighted by Crippen LogP contribution is -2.48. The molecule has 9 nitrogen and oxygen atoms in total. The second kappa shape index (κ2) is 12.1. The fourth-order valence-corrected chi connectivity index (χ4v) is 2.16. The second-order valence-electron chi connectivity index (χ2n) is 5.12. The molecule has 2 amide bonds. The number of hydrogen-bond acceptors (Lipinski definition) is 5. The maximum absolute atomic E-state index is 12.5. The van der Waals surface area contributed by atoms with Crippen LogP contribution >= 0.6 is 0 Å². The summed E-state index contributed by atoms with van der Waals surface area (Å²) in [5.41, 5.74) is 0.798. The number of carboxylic acid groups (broad SMARTS) is 1. The molecule has 9 heteroatoms. The average molecular weight is 342 g/mol. The van der Waals surface area contributed by atoms with E-state index in [1.165, 1.54) is 11.8 Å². The highest BCUT2D eigenvalue weighted by Gasteiger charge is 2.24. The summed E-state index contributed by atoms with van der Waals surface area (Å²) in [5, 5.41) is 18.7. The van der Waals surface area contributed by atoms with Crippen molar-refractivity contribution in [3.05, 3.63) is 17.7 Å². The Morgan fingerprint density at radius 1 is 1.50 bits per heavy atom. The van der Waals surface area contributed by atoms with Crippen LogP contribution in [0.3, 0.4) is 0 Å². The number of carbonyl (C=O) groups is 3. The second-order valence-corrected chi connectivity index (χ2v) is 5.12. The van der Waals surface area contributed by atoms with E-state index in [1.54, 1.807) is 6.20 Å². The van der Waals surface area contributed by atoms with E-state index in [-0.39, 0.29) is 31.4 Å². The largest absolute Gasteiger partial charge is 0.483 e. The van der Waals surface area contributed by atoms with E-state index in [0.29, 0.717) is 13.0 Å². The van der Waals surface area contributed by atoms with Crippen molar-refractivity contribution in [3.63, 3.8) is 0 Å². The van der Waals surface area contributed by atoms with Crippen LogP contribution in [0.5, 0.6) is 0 Å². The zero-order valence-corrected chi connectivity index (χ0v) is 14.3. The molecule has 1 aromatic heterocycles. The molecular formula is C15H26N4O5. The summed E-state index contributed by atoms with van der Waals surface area (Å²) in [7, 11) is 0. The van der Waals surface area contributed by atoms with Crippen LogP contribution in [-0.4, -0.2) is 62.6 Å². The number of nitrogens with zero attached hydrogens (tertiary/aromatic N) is 2. The first-order chi connectivity index (χ1) is 11.4. The number of aryl methyl sites for hydroxylation is 1. The number of amides is 2. The van der Waals surface area contributed by atoms with Gasteiger partial charge in [0.25, 0.3) is 6.47 Å². The van der Waals surface area contributed by atoms with Gasteiger partial charge in [0.05, 0.1) is 25.0 Å². The van der Waals surface area contributed by atoms with Gasteiger partial charge >= 0.3 is 0 Å². The lowest BCUT2D eigenvalue weighted by atomic mass is 10.1. The Kier molecular flexibility index (Phi) is 10.8. The van der Waals surface area contributed by atoms with E-state index in [2.05, 4.69) is 15.3 Å². The van der Waals surface area contributed by atoms with Gasteiger partial charge in [0.15, 0.2) is 0 Å². The minimum atomic E-state index is -0.553. The Labute approximate surface area is 141 Å². The number of aromatic nitrogens is 2. The highest BCUT2D eigenvalue weighted by atomic mass is 16.3. The first kappa shape index (κ1) is 21.6. The third-order valence-corrected chi connectivity index (χ3v) is 3.05. The number of nitrogens with one attached hydrogen (secondary N) is 2. The molecule has 0 aliphatic carbocycles. The van der Waals surface area contributed by atoms with Crippen LogP contribution in [-0.2, 0) is 20.9 Å². The molecule has 1 rings (SSSR count). The number of rotatable bonds is 8. The summed E-state index contributed by atoms with van der Waals surface area (Å²) in [6.07, 6.45) is 3.02. The van der Waals surface area contributed by atoms with Crippen molar-refractivity contribution < 1.29 is 24.6 Å². The van der Waals surface area contributed by atoms with Gasteiger partial charge in [-0.05, 0) is 13.3 Å². The molecule has 0 bridgehead atoms. The zero-order valence-electron chi connectivity index (χ0n) is 14.3. The topological polar surface area (TPSA) is 136 Å². The van der Waals surface area contributed by atoms with E-state index in [4.69, 9.17) is 15.0 Å². The molecule has 24 heavy (non-hydrogen) atoms. The Morgan fingerprint density at radius 2 is 2.12 bits per heavy atom. The lowest BCUT2D eigenvalue weighted by molar-refractivity contribution is -0.137. The van der Waals surface area contributed by atoms with Crippen LogP contribution in [0.15, 0.2) is 6.20 Å². The van der Waals surface area contributed by atoms with Gasteiger partial charge in [-0.15, -0.1) is 0 Å². The standard InChI is InChI=1S/C14H24N4O3.CH2O2/c1-4-5-13(17-11(3)20)14(21)18(6-7-19)9-12-8-15-10(2)16-12;2-1-3/h8,13,19H,4-7,9H2,1-3H3,(H,15,16)(H,17,20);1H,(H,2,3). The maximum Gasteiger partial charge on any atom is 0.290 e. The summed E-state index contributed by atoms with van der Waals surface area (Å²) in [5.74, 6) is 0.352. The van der Waals surface area contributed by atoms with E-state index in [1.807, 2.05) is 13.8 Å². The number of aliphatic hydroxyl groups is 1. The maximum atomic E-state index is 12.5. The molecule has 1 atom stereocenters. The van der Waals surface area contributed by atoms with Gasteiger partial charge in [-0.3, -0.25) is 14.4 Å². The van der Waals surface area contributed by atoms with E-state index in [9.17, 15) is 9.59 Å². The zero-order chi connectivity index (χ0) is 18.5. The molecule has 1 heterocycles. The molecule has 0 aliphatic heterocycles. The first-order valence-electron chi connectivity index (χ1n) is 7.64. The number of H-pyrrole nitrogens is 1. The quantitative estimate of drug-likeness (QED) is 0.493. The third-order valence-electron chi connectivity index (χ3n) is 3.05. The Hall–Kier alpha value is -2.42. The molecule has 0 aliphatic rings. The van der Waals surface area contributed by atoms with Gasteiger partial charge < -0.3 is 25.4 Å². The van der Waals surface area contributed by atoms with Gasteiger partial charge in [0.1, 0.15) is 11.9 Å². The fraction of sp³-hybridized carbons (Fsp3) is 0.600. The number of aromatic amines is 1. The number of aliphatic hydroxyl groups excluding tert-OH is 1. The monoisotopic (exact) mass is 342 g/mol. The van der Waals surface area contributed by atoms with Crippen LogP contribution in [0.25, 0.3) is 0 Å². The Balaban J connectivity index is 0.00000163. The van der Waals surface area contributed by atoms with Crippen molar-refractivity contribution in [3.8, 4) is 0 Å². The highest BCUT2D eigenvalue weighted by molar-refractivity contribution is 5.86. The summed E-state index contributed by atoms with van der Waals surface area (Å²) >= 11 is 0. The van der Waals surface area contributed by atoms with Crippen molar-refractivity contribution in [1.82, 2.24) is 20.2 Å². The average Bonchev–Trinajstić information content (AvgIpc) is 2.91. The SMILES string of the molecule is CCCC(NC(C)=O)C(=O)N(CCO)Cc1cnc(C)[nH]1.O=CO. The molecule has 0 radical (unpaired) electrons. The Morgan fingerprint density at radius 3 is 2.54 bits per heavy atom. The highest BCUT2D eigenvalue weighted by Crippen LogP contribution is 2.08. The molecular weight excluding hydrogens is 316 g/mol. The molecule has 0 aromatic carbocycles. The predicted molar refractivity (Wildman–Crippen MR) is 87.0 cm³/mol. The van der Waals surface area contributed by atoms with Gasteiger partial charge in [-0.25, -0.2) is 4.98 Å². The van der Waals surface area contributed by atoms with Crippen LogP contribution < -0.4 is 5.32 Å². The number of imidazole rings is 1. The van der Waals surface area contributed by atoms with Gasteiger partial charge in [0.2, 0.25) is 11.8 Å². The molecule has 1 aromatic rings.